The zero-order valence-corrected chi connectivity index (χ0v) is 17.7. The SMILES string of the molecule is NC(=O)[C@]12[CH]CCN1C(=O)N(c1ccc(C3(CCN4CCOCC4)CCC3)cc1)C2=O. The Labute approximate surface area is 182 Å². The van der Waals surface area contributed by atoms with Crippen LogP contribution in [-0.4, -0.2) is 72.6 Å². The Bertz CT molecular complexity index is 891. The minimum atomic E-state index is -1.64. The van der Waals surface area contributed by atoms with Gasteiger partial charge < -0.3 is 15.4 Å². The molecule has 4 amide bonds. The standard InChI is InChI=1S/C23H29N4O4/c24-19(28)23-9-2-11-26(23)21(30)27(20(23)29)18-5-3-17(4-6-18)22(7-1-8-22)10-12-25-13-15-31-16-14-25/h3-6,9H,1-2,7-8,10-16H2,(H2,24,28)/t23-/m0/s1. The van der Waals surface area contributed by atoms with Crippen molar-refractivity contribution in [1.82, 2.24) is 9.80 Å². The minimum absolute atomic E-state index is 0.165. The Morgan fingerprint density at radius 1 is 1.06 bits per heavy atom. The molecule has 1 atom stereocenters. The van der Waals surface area contributed by atoms with Gasteiger partial charge in [-0.1, -0.05) is 18.6 Å². The molecular weight excluding hydrogens is 396 g/mol. The number of benzene rings is 1. The van der Waals surface area contributed by atoms with Crippen LogP contribution in [0.2, 0.25) is 0 Å². The largest absolute Gasteiger partial charge is 0.379 e. The van der Waals surface area contributed by atoms with E-state index < -0.39 is 23.4 Å². The van der Waals surface area contributed by atoms with Gasteiger partial charge in [-0.05, 0) is 55.3 Å². The molecule has 3 saturated heterocycles. The number of anilines is 1. The third-order valence-corrected chi connectivity index (χ3v) is 7.60. The predicted molar refractivity (Wildman–Crippen MR) is 114 cm³/mol. The first kappa shape index (κ1) is 20.5. The lowest BCUT2D eigenvalue weighted by Gasteiger charge is -2.44. The van der Waals surface area contributed by atoms with Crippen molar-refractivity contribution in [2.24, 2.45) is 5.73 Å². The molecule has 4 aliphatic rings. The number of hydrogen-bond acceptors (Lipinski definition) is 5. The van der Waals surface area contributed by atoms with E-state index in [1.165, 1.54) is 16.9 Å². The molecule has 1 aliphatic carbocycles. The van der Waals surface area contributed by atoms with Gasteiger partial charge in [0.2, 0.25) is 5.54 Å². The van der Waals surface area contributed by atoms with Crippen LogP contribution in [0.4, 0.5) is 10.5 Å². The summed E-state index contributed by atoms with van der Waals surface area (Å²) >= 11 is 0. The number of hydrogen-bond donors (Lipinski definition) is 1. The molecule has 1 aromatic rings. The number of ether oxygens (including phenoxy) is 1. The summed E-state index contributed by atoms with van der Waals surface area (Å²) in [5.41, 5.74) is 5.82. The topological polar surface area (TPSA) is 96.2 Å². The van der Waals surface area contributed by atoms with E-state index >= 15 is 0 Å². The van der Waals surface area contributed by atoms with E-state index in [-0.39, 0.29) is 5.41 Å². The maximum atomic E-state index is 13.1. The van der Waals surface area contributed by atoms with Gasteiger partial charge in [0.15, 0.2) is 0 Å². The molecule has 0 bridgehead atoms. The number of nitrogens with two attached hydrogens (primary N) is 1. The summed E-state index contributed by atoms with van der Waals surface area (Å²) in [7, 11) is 0. The van der Waals surface area contributed by atoms with Crippen LogP contribution in [0, 0.1) is 6.42 Å². The van der Waals surface area contributed by atoms with Gasteiger partial charge in [0.05, 0.1) is 18.9 Å². The van der Waals surface area contributed by atoms with Gasteiger partial charge in [0.25, 0.3) is 11.8 Å². The Kier molecular flexibility index (Phi) is 5.01. The van der Waals surface area contributed by atoms with Crippen LogP contribution in [0.1, 0.15) is 37.7 Å². The highest BCUT2D eigenvalue weighted by Gasteiger charge is 2.64. The van der Waals surface area contributed by atoms with Crippen molar-refractivity contribution in [3.63, 3.8) is 0 Å². The molecule has 3 aliphatic heterocycles. The Hall–Kier alpha value is -2.45. The zero-order chi connectivity index (χ0) is 21.6. The van der Waals surface area contributed by atoms with Crippen LogP contribution in [0.5, 0.6) is 0 Å². The van der Waals surface area contributed by atoms with E-state index in [4.69, 9.17) is 10.5 Å². The van der Waals surface area contributed by atoms with E-state index in [9.17, 15) is 14.4 Å². The van der Waals surface area contributed by atoms with Crippen LogP contribution >= 0.6 is 0 Å². The Morgan fingerprint density at radius 2 is 1.77 bits per heavy atom. The number of carbonyl (C=O) groups is 3. The highest BCUT2D eigenvalue weighted by Crippen LogP contribution is 2.47. The van der Waals surface area contributed by atoms with Crippen LogP contribution in [-0.2, 0) is 19.7 Å². The lowest BCUT2D eigenvalue weighted by molar-refractivity contribution is -0.134. The summed E-state index contributed by atoms with van der Waals surface area (Å²) in [6.07, 6.45) is 6.69. The highest BCUT2D eigenvalue weighted by molar-refractivity contribution is 6.32. The summed E-state index contributed by atoms with van der Waals surface area (Å²) in [6, 6.07) is 7.26. The summed E-state index contributed by atoms with van der Waals surface area (Å²) in [6.45, 7) is 4.97. The number of morpholine rings is 1. The van der Waals surface area contributed by atoms with Crippen molar-refractivity contribution >= 4 is 23.5 Å². The number of nitrogens with zero attached hydrogens (tertiary/aromatic N) is 3. The molecule has 31 heavy (non-hydrogen) atoms. The fraction of sp³-hybridized carbons (Fsp3) is 0.565. The molecule has 0 spiro atoms. The van der Waals surface area contributed by atoms with Crippen LogP contribution in [0.15, 0.2) is 24.3 Å². The van der Waals surface area contributed by atoms with Gasteiger partial charge in [0, 0.05) is 26.1 Å². The quantitative estimate of drug-likeness (QED) is 0.550. The first-order valence-electron chi connectivity index (χ1n) is 11.2. The van der Waals surface area contributed by atoms with Gasteiger partial charge in [-0.3, -0.25) is 14.5 Å². The van der Waals surface area contributed by atoms with E-state index in [2.05, 4.69) is 4.90 Å². The molecule has 0 aromatic heterocycles. The van der Waals surface area contributed by atoms with Crippen molar-refractivity contribution < 1.29 is 19.1 Å². The monoisotopic (exact) mass is 425 g/mol. The van der Waals surface area contributed by atoms with E-state index in [0.29, 0.717) is 18.7 Å². The molecule has 1 aromatic carbocycles. The van der Waals surface area contributed by atoms with Gasteiger partial charge in [-0.25, -0.2) is 9.69 Å². The molecule has 0 unspecified atom stereocenters. The summed E-state index contributed by atoms with van der Waals surface area (Å²) in [5.74, 6) is -1.36. The van der Waals surface area contributed by atoms with E-state index in [1.807, 2.05) is 24.3 Å². The third-order valence-electron chi connectivity index (χ3n) is 7.60. The minimum Gasteiger partial charge on any atom is -0.379 e. The third kappa shape index (κ3) is 3.07. The van der Waals surface area contributed by atoms with Gasteiger partial charge >= 0.3 is 6.03 Å². The summed E-state index contributed by atoms with van der Waals surface area (Å²) in [5, 5.41) is 0. The molecular formula is C23H29N4O4. The number of rotatable bonds is 6. The second-order valence-electron chi connectivity index (χ2n) is 9.08. The fourth-order valence-corrected chi connectivity index (χ4v) is 5.53. The molecule has 5 rings (SSSR count). The van der Waals surface area contributed by atoms with Crippen LogP contribution in [0.3, 0.4) is 0 Å². The van der Waals surface area contributed by atoms with Crippen LogP contribution < -0.4 is 10.6 Å². The van der Waals surface area contributed by atoms with Gasteiger partial charge in [0.1, 0.15) is 0 Å². The smallest absolute Gasteiger partial charge is 0.332 e. The molecule has 1 saturated carbocycles. The zero-order valence-electron chi connectivity index (χ0n) is 17.7. The molecule has 8 nitrogen and oxygen atoms in total. The maximum absolute atomic E-state index is 13.1. The average Bonchev–Trinajstić information content (AvgIpc) is 3.28. The number of imide groups is 1. The number of carbonyl (C=O) groups excluding carboxylic acids is 3. The lowest BCUT2D eigenvalue weighted by atomic mass is 9.62. The average molecular weight is 426 g/mol. The Morgan fingerprint density at radius 3 is 2.35 bits per heavy atom. The summed E-state index contributed by atoms with van der Waals surface area (Å²) < 4.78 is 5.45. The number of urea groups is 1. The lowest BCUT2D eigenvalue weighted by Crippen LogP contribution is -2.55. The van der Waals surface area contributed by atoms with Crippen molar-refractivity contribution in [1.29, 1.82) is 0 Å². The van der Waals surface area contributed by atoms with Crippen LogP contribution in [0.25, 0.3) is 0 Å². The predicted octanol–water partition coefficient (Wildman–Crippen LogP) is 1.43. The normalized spacial score (nSPS) is 28.0. The second kappa shape index (κ2) is 7.60. The molecule has 2 N–H and O–H groups in total. The first-order valence-corrected chi connectivity index (χ1v) is 11.2. The second-order valence-corrected chi connectivity index (χ2v) is 9.08. The molecule has 1 radical (unpaired) electrons. The fourth-order valence-electron chi connectivity index (χ4n) is 5.53. The molecule has 165 valence electrons. The molecule has 4 fully saturated rings. The van der Waals surface area contributed by atoms with E-state index in [1.54, 1.807) is 6.42 Å². The highest BCUT2D eigenvalue weighted by atomic mass is 16.5. The van der Waals surface area contributed by atoms with Crippen molar-refractivity contribution in [2.45, 2.75) is 43.1 Å². The van der Waals surface area contributed by atoms with E-state index in [0.717, 1.165) is 57.0 Å². The molecule has 8 heteroatoms. The van der Waals surface area contributed by atoms with Gasteiger partial charge in [-0.15, -0.1) is 0 Å². The maximum Gasteiger partial charge on any atom is 0.332 e. The number of amides is 4. The van der Waals surface area contributed by atoms with Crippen molar-refractivity contribution in [3.8, 4) is 0 Å². The van der Waals surface area contributed by atoms with Crippen molar-refractivity contribution in [3.05, 3.63) is 36.2 Å². The number of fused-ring (bicyclic) bond motifs is 1. The van der Waals surface area contributed by atoms with Gasteiger partial charge in [-0.2, -0.15) is 0 Å². The first-order chi connectivity index (χ1) is 15.0. The Balaban J connectivity index is 1.34. The van der Waals surface area contributed by atoms with Crippen molar-refractivity contribution in [2.75, 3.05) is 44.3 Å². The summed E-state index contributed by atoms with van der Waals surface area (Å²) in [4.78, 5) is 43.0. The molecule has 3 heterocycles. The number of primary amides is 1.